The van der Waals surface area contributed by atoms with Crippen LogP contribution in [0.15, 0.2) is 47.3 Å². The molecule has 0 aliphatic rings. The van der Waals surface area contributed by atoms with Crippen LogP contribution >= 0.6 is 0 Å². The van der Waals surface area contributed by atoms with Gasteiger partial charge in [-0.15, -0.1) is 5.10 Å². The number of carbonyl (C=O) groups is 1. The largest absolute Gasteiger partial charge is 0.497 e. The van der Waals surface area contributed by atoms with Crippen LogP contribution in [0.4, 0.5) is 0 Å². The van der Waals surface area contributed by atoms with Gasteiger partial charge in [-0.25, -0.2) is 9.36 Å². The summed E-state index contributed by atoms with van der Waals surface area (Å²) in [6.07, 6.45) is 0. The highest BCUT2D eigenvalue weighted by molar-refractivity contribution is 5.79. The smallest absolute Gasteiger partial charge is 0.267 e. The van der Waals surface area contributed by atoms with Crippen LogP contribution < -0.4 is 15.6 Å². The monoisotopic (exact) mass is 381 g/mol. The summed E-state index contributed by atoms with van der Waals surface area (Å²) >= 11 is 0. The Labute approximate surface area is 162 Å². The lowest BCUT2D eigenvalue weighted by molar-refractivity contribution is -0.124. The van der Waals surface area contributed by atoms with Gasteiger partial charge in [0.05, 0.1) is 12.8 Å². The van der Waals surface area contributed by atoms with Gasteiger partial charge in [-0.05, 0) is 50.6 Å². The third-order valence-electron chi connectivity index (χ3n) is 4.38. The maximum atomic E-state index is 12.6. The molecule has 0 aliphatic heterocycles. The highest BCUT2D eigenvalue weighted by Gasteiger charge is 2.18. The van der Waals surface area contributed by atoms with Gasteiger partial charge in [0, 0.05) is 18.3 Å². The van der Waals surface area contributed by atoms with Gasteiger partial charge in [-0.1, -0.05) is 12.1 Å². The first-order chi connectivity index (χ1) is 13.4. The van der Waals surface area contributed by atoms with Crippen LogP contribution in [-0.4, -0.2) is 32.6 Å². The lowest BCUT2D eigenvalue weighted by atomic mass is 10.2. The Balaban J connectivity index is 1.78. The van der Waals surface area contributed by atoms with Gasteiger partial charge in [0.25, 0.3) is 5.56 Å². The van der Waals surface area contributed by atoms with Crippen molar-refractivity contribution in [2.45, 2.75) is 33.4 Å². The molecule has 1 N–H and O–H groups in total. The minimum atomic E-state index is -0.768. The molecule has 146 valence electrons. The van der Waals surface area contributed by atoms with Gasteiger partial charge in [0.2, 0.25) is 5.91 Å². The molecule has 1 atom stereocenters. The van der Waals surface area contributed by atoms with Crippen LogP contribution in [0.1, 0.15) is 29.9 Å². The maximum Gasteiger partial charge on any atom is 0.267 e. The Hall–Kier alpha value is -3.42. The zero-order valence-electron chi connectivity index (χ0n) is 16.3. The molecule has 0 spiro atoms. The number of hydrogen-bond donors (Lipinski definition) is 1. The second kappa shape index (κ2) is 8.08. The summed E-state index contributed by atoms with van der Waals surface area (Å²) in [5, 5.41) is 11.6. The van der Waals surface area contributed by atoms with Crippen molar-refractivity contribution in [2.75, 3.05) is 7.11 Å². The molecule has 28 heavy (non-hydrogen) atoms. The van der Waals surface area contributed by atoms with Crippen molar-refractivity contribution < 1.29 is 9.53 Å². The standard InChI is InChI=1S/C20H23N5O3/c1-13-10-14(2)24(22-13)18-8-9-19(26)25(23-18)15(3)20(27)21-12-16-6-5-7-17(11-16)28-4/h5-11,15H,12H2,1-4H3,(H,21,27). The van der Waals surface area contributed by atoms with Crippen LogP contribution in [0.5, 0.6) is 5.75 Å². The van der Waals surface area contributed by atoms with Gasteiger partial charge in [-0.3, -0.25) is 9.59 Å². The molecule has 3 aromatic rings. The van der Waals surface area contributed by atoms with Crippen molar-refractivity contribution in [1.82, 2.24) is 24.9 Å². The van der Waals surface area contributed by atoms with E-state index < -0.39 is 6.04 Å². The summed E-state index contributed by atoms with van der Waals surface area (Å²) in [7, 11) is 1.59. The fourth-order valence-corrected chi connectivity index (χ4v) is 2.90. The molecular formula is C20H23N5O3. The molecule has 0 bridgehead atoms. The van der Waals surface area contributed by atoms with Gasteiger partial charge >= 0.3 is 0 Å². The number of benzene rings is 1. The number of methoxy groups -OCH3 is 1. The second-order valence-corrected chi connectivity index (χ2v) is 6.56. The predicted octanol–water partition coefficient (Wildman–Crippen LogP) is 1.93. The average Bonchev–Trinajstić information content (AvgIpc) is 3.04. The van der Waals surface area contributed by atoms with E-state index in [1.165, 1.54) is 10.7 Å². The van der Waals surface area contributed by atoms with Gasteiger partial charge in [0.1, 0.15) is 11.8 Å². The fraction of sp³-hybridized carbons (Fsp3) is 0.300. The first kappa shape index (κ1) is 19.3. The molecule has 0 aliphatic carbocycles. The number of ether oxygens (including phenoxy) is 1. The van der Waals surface area contributed by atoms with E-state index in [1.54, 1.807) is 24.8 Å². The van der Waals surface area contributed by atoms with Crippen molar-refractivity contribution in [1.29, 1.82) is 0 Å². The van der Waals surface area contributed by atoms with E-state index in [0.29, 0.717) is 12.4 Å². The number of rotatable bonds is 6. The molecular weight excluding hydrogens is 358 g/mol. The van der Waals surface area contributed by atoms with Crippen molar-refractivity contribution >= 4 is 5.91 Å². The maximum absolute atomic E-state index is 12.6. The number of carbonyl (C=O) groups excluding carboxylic acids is 1. The molecule has 8 heteroatoms. The first-order valence-corrected chi connectivity index (χ1v) is 8.93. The Bertz CT molecular complexity index is 1050. The van der Waals surface area contributed by atoms with Gasteiger partial charge in [-0.2, -0.15) is 5.10 Å². The van der Waals surface area contributed by atoms with E-state index in [2.05, 4.69) is 15.5 Å². The summed E-state index contributed by atoms with van der Waals surface area (Å²) < 4.78 is 8.00. The molecule has 1 amide bonds. The summed E-state index contributed by atoms with van der Waals surface area (Å²) in [5.41, 5.74) is 2.29. The molecule has 0 fully saturated rings. The van der Waals surface area contributed by atoms with Gasteiger partial charge < -0.3 is 10.1 Å². The van der Waals surface area contributed by atoms with Crippen molar-refractivity contribution in [2.24, 2.45) is 0 Å². The quantitative estimate of drug-likeness (QED) is 0.705. The average molecular weight is 381 g/mol. The number of nitrogens with zero attached hydrogens (tertiary/aromatic N) is 4. The zero-order valence-corrected chi connectivity index (χ0v) is 16.3. The minimum Gasteiger partial charge on any atom is -0.497 e. The first-order valence-electron chi connectivity index (χ1n) is 8.93. The summed E-state index contributed by atoms with van der Waals surface area (Å²) in [6.45, 7) is 5.75. The van der Waals surface area contributed by atoms with Crippen LogP contribution in [-0.2, 0) is 11.3 Å². The molecule has 1 unspecified atom stereocenters. The Morgan fingerprint density at radius 1 is 1.18 bits per heavy atom. The fourth-order valence-electron chi connectivity index (χ4n) is 2.90. The van der Waals surface area contributed by atoms with E-state index in [0.717, 1.165) is 22.7 Å². The van der Waals surface area contributed by atoms with E-state index in [-0.39, 0.29) is 11.5 Å². The lowest BCUT2D eigenvalue weighted by Crippen LogP contribution is -2.37. The SMILES string of the molecule is COc1cccc(CNC(=O)C(C)n2nc(-n3nc(C)cc3C)ccc2=O)c1. The molecule has 3 rings (SSSR count). The molecule has 0 radical (unpaired) electrons. The highest BCUT2D eigenvalue weighted by Crippen LogP contribution is 2.13. The van der Waals surface area contributed by atoms with E-state index in [1.807, 2.05) is 44.2 Å². The Kier molecular flexibility index (Phi) is 5.58. The third kappa shape index (κ3) is 4.11. The Morgan fingerprint density at radius 2 is 1.96 bits per heavy atom. The molecule has 8 nitrogen and oxygen atoms in total. The van der Waals surface area contributed by atoms with E-state index >= 15 is 0 Å². The number of hydrogen-bond acceptors (Lipinski definition) is 5. The van der Waals surface area contributed by atoms with Crippen molar-refractivity contribution in [3.63, 3.8) is 0 Å². The molecule has 2 aromatic heterocycles. The minimum absolute atomic E-state index is 0.303. The molecule has 0 saturated heterocycles. The number of nitrogens with one attached hydrogen (secondary N) is 1. The predicted molar refractivity (Wildman–Crippen MR) is 105 cm³/mol. The number of aryl methyl sites for hydroxylation is 2. The normalized spacial score (nSPS) is 11.9. The Morgan fingerprint density at radius 3 is 2.64 bits per heavy atom. The van der Waals surface area contributed by atoms with Gasteiger partial charge in [0.15, 0.2) is 5.82 Å². The van der Waals surface area contributed by atoms with Crippen LogP contribution in [0.25, 0.3) is 5.82 Å². The molecule has 1 aromatic carbocycles. The van der Waals surface area contributed by atoms with E-state index in [4.69, 9.17) is 4.74 Å². The lowest BCUT2D eigenvalue weighted by Gasteiger charge is -2.15. The van der Waals surface area contributed by atoms with Crippen LogP contribution in [0.2, 0.25) is 0 Å². The second-order valence-electron chi connectivity index (χ2n) is 6.56. The topological polar surface area (TPSA) is 91.0 Å². The van der Waals surface area contributed by atoms with Crippen LogP contribution in [0, 0.1) is 13.8 Å². The highest BCUT2D eigenvalue weighted by atomic mass is 16.5. The molecule has 2 heterocycles. The van der Waals surface area contributed by atoms with E-state index in [9.17, 15) is 9.59 Å². The number of aromatic nitrogens is 4. The summed E-state index contributed by atoms with van der Waals surface area (Å²) in [5.74, 6) is 0.899. The summed E-state index contributed by atoms with van der Waals surface area (Å²) in [6, 6.07) is 11.6. The van der Waals surface area contributed by atoms with Crippen molar-refractivity contribution in [3.8, 4) is 11.6 Å². The summed E-state index contributed by atoms with van der Waals surface area (Å²) in [4.78, 5) is 24.8. The molecule has 0 saturated carbocycles. The van der Waals surface area contributed by atoms with Crippen molar-refractivity contribution in [3.05, 3.63) is 69.8 Å². The zero-order chi connectivity index (χ0) is 20.3. The number of amides is 1. The van der Waals surface area contributed by atoms with Crippen LogP contribution in [0.3, 0.4) is 0 Å². The third-order valence-corrected chi connectivity index (χ3v) is 4.38.